The number of piperidine rings is 1. The van der Waals surface area contributed by atoms with E-state index in [9.17, 15) is 17.6 Å². The van der Waals surface area contributed by atoms with E-state index in [4.69, 9.17) is 0 Å². The number of carbonyl (C=O) groups is 1. The number of hydrogen-bond acceptors (Lipinski definition) is 3. The molecule has 1 amide bonds. The number of nitrogens with zero attached hydrogens (tertiary/aromatic N) is 1. The third kappa shape index (κ3) is 5.46. The van der Waals surface area contributed by atoms with E-state index in [-0.39, 0.29) is 23.6 Å². The summed E-state index contributed by atoms with van der Waals surface area (Å²) in [5, 5.41) is 3.07. The maximum Gasteiger partial charge on any atom is 0.223 e. The van der Waals surface area contributed by atoms with Crippen molar-refractivity contribution in [2.45, 2.75) is 45.4 Å². The van der Waals surface area contributed by atoms with Crippen LogP contribution in [0.5, 0.6) is 0 Å². The van der Waals surface area contributed by atoms with Crippen LogP contribution < -0.4 is 5.32 Å². The molecule has 3 rings (SSSR count). The fraction of sp³-hybridized carbons (Fsp3) is 0.435. The maximum atomic E-state index is 13.0. The van der Waals surface area contributed by atoms with Gasteiger partial charge in [-0.3, -0.25) is 4.79 Å². The zero-order valence-corrected chi connectivity index (χ0v) is 18.5. The standard InChI is InChI=1S/C23H29FN2O3S/c1-16-4-7-21(14-17(16)2)18(3)25-23(27)20-10-12-26(13-11-20)30(28,29)15-19-5-8-22(24)9-6-19/h4-9,14,18,20H,10-13,15H2,1-3H3,(H,25,27). The number of rotatable bonds is 6. The van der Waals surface area contributed by atoms with Crippen molar-refractivity contribution in [1.29, 1.82) is 0 Å². The van der Waals surface area contributed by atoms with Crippen LogP contribution >= 0.6 is 0 Å². The van der Waals surface area contributed by atoms with Crippen LogP contribution in [-0.4, -0.2) is 31.7 Å². The normalized spacial score (nSPS) is 16.9. The van der Waals surface area contributed by atoms with Crippen LogP contribution in [0, 0.1) is 25.6 Å². The molecule has 0 bridgehead atoms. The van der Waals surface area contributed by atoms with Gasteiger partial charge in [0.15, 0.2) is 0 Å². The molecule has 30 heavy (non-hydrogen) atoms. The Morgan fingerprint density at radius 2 is 1.73 bits per heavy atom. The van der Waals surface area contributed by atoms with Gasteiger partial charge in [0.05, 0.1) is 11.8 Å². The Kier molecular flexibility index (Phi) is 6.93. The SMILES string of the molecule is Cc1ccc(C(C)NC(=O)C2CCN(S(=O)(=O)Cc3ccc(F)cc3)CC2)cc1C. The highest BCUT2D eigenvalue weighted by atomic mass is 32.2. The van der Waals surface area contributed by atoms with Crippen molar-refractivity contribution in [1.82, 2.24) is 9.62 Å². The van der Waals surface area contributed by atoms with Gasteiger partial charge in [-0.15, -0.1) is 0 Å². The average molecular weight is 433 g/mol. The number of nitrogens with one attached hydrogen (secondary N) is 1. The van der Waals surface area contributed by atoms with Gasteiger partial charge >= 0.3 is 0 Å². The van der Waals surface area contributed by atoms with Crippen molar-refractivity contribution in [2.24, 2.45) is 5.92 Å². The minimum Gasteiger partial charge on any atom is -0.349 e. The van der Waals surface area contributed by atoms with Gasteiger partial charge in [0.1, 0.15) is 5.82 Å². The van der Waals surface area contributed by atoms with Crippen LogP contribution in [0.15, 0.2) is 42.5 Å². The number of aryl methyl sites for hydroxylation is 2. The molecule has 5 nitrogen and oxygen atoms in total. The number of amides is 1. The van der Waals surface area contributed by atoms with Crippen LogP contribution in [0.25, 0.3) is 0 Å². The largest absolute Gasteiger partial charge is 0.349 e. The molecule has 7 heteroatoms. The summed E-state index contributed by atoms with van der Waals surface area (Å²) in [5.74, 6) is -0.779. The first-order valence-corrected chi connectivity index (χ1v) is 11.9. The van der Waals surface area contributed by atoms with Crippen molar-refractivity contribution < 1.29 is 17.6 Å². The van der Waals surface area contributed by atoms with Gasteiger partial charge in [-0.2, -0.15) is 0 Å². The number of halogens is 1. The van der Waals surface area contributed by atoms with Gasteiger partial charge in [0, 0.05) is 19.0 Å². The van der Waals surface area contributed by atoms with E-state index >= 15 is 0 Å². The number of sulfonamides is 1. The Bertz CT molecular complexity index is 998. The minimum absolute atomic E-state index is 0.0312. The lowest BCUT2D eigenvalue weighted by Gasteiger charge is -2.31. The summed E-state index contributed by atoms with van der Waals surface area (Å²) in [6.45, 7) is 6.71. The first-order chi connectivity index (χ1) is 14.2. The van der Waals surface area contributed by atoms with E-state index in [1.807, 2.05) is 13.0 Å². The van der Waals surface area contributed by atoms with Gasteiger partial charge in [0.2, 0.25) is 15.9 Å². The molecule has 1 aliphatic heterocycles. The van der Waals surface area contributed by atoms with E-state index in [0.29, 0.717) is 31.5 Å². The van der Waals surface area contributed by atoms with E-state index in [2.05, 4.69) is 31.3 Å². The lowest BCUT2D eigenvalue weighted by molar-refractivity contribution is -0.126. The molecule has 0 aliphatic carbocycles. The Labute approximate surface area is 178 Å². The van der Waals surface area contributed by atoms with Crippen LogP contribution in [0.3, 0.4) is 0 Å². The highest BCUT2D eigenvalue weighted by Crippen LogP contribution is 2.24. The molecule has 0 saturated carbocycles. The molecule has 1 unspecified atom stereocenters. The monoisotopic (exact) mass is 432 g/mol. The second-order valence-electron chi connectivity index (χ2n) is 8.13. The highest BCUT2D eigenvalue weighted by molar-refractivity contribution is 7.88. The highest BCUT2D eigenvalue weighted by Gasteiger charge is 2.31. The Hall–Kier alpha value is -2.25. The van der Waals surface area contributed by atoms with Crippen molar-refractivity contribution in [3.63, 3.8) is 0 Å². The summed E-state index contributed by atoms with van der Waals surface area (Å²) in [4.78, 5) is 12.7. The number of carbonyl (C=O) groups excluding carboxylic acids is 1. The van der Waals surface area contributed by atoms with E-state index in [1.165, 1.54) is 39.7 Å². The number of hydrogen-bond donors (Lipinski definition) is 1. The van der Waals surface area contributed by atoms with Gasteiger partial charge in [-0.1, -0.05) is 30.3 Å². The molecule has 2 aromatic carbocycles. The lowest BCUT2D eigenvalue weighted by atomic mass is 9.96. The quantitative estimate of drug-likeness (QED) is 0.754. The van der Waals surface area contributed by atoms with E-state index < -0.39 is 15.8 Å². The van der Waals surface area contributed by atoms with E-state index in [1.54, 1.807) is 0 Å². The summed E-state index contributed by atoms with van der Waals surface area (Å²) in [5.41, 5.74) is 4.02. The van der Waals surface area contributed by atoms with Gasteiger partial charge in [-0.25, -0.2) is 17.1 Å². The molecule has 1 saturated heterocycles. The molecule has 0 spiro atoms. The van der Waals surface area contributed by atoms with Crippen molar-refractivity contribution >= 4 is 15.9 Å². The minimum atomic E-state index is -3.49. The first kappa shape index (κ1) is 22.4. The molecular formula is C23H29FN2O3S. The lowest BCUT2D eigenvalue weighted by Crippen LogP contribution is -2.43. The topological polar surface area (TPSA) is 66.5 Å². The smallest absolute Gasteiger partial charge is 0.223 e. The molecule has 1 fully saturated rings. The average Bonchev–Trinajstić information content (AvgIpc) is 2.71. The van der Waals surface area contributed by atoms with Crippen LogP contribution in [-0.2, 0) is 20.6 Å². The van der Waals surface area contributed by atoms with E-state index in [0.717, 1.165) is 5.56 Å². The Morgan fingerprint density at radius 1 is 1.10 bits per heavy atom. The molecule has 0 aromatic heterocycles. The molecule has 0 radical (unpaired) electrons. The molecule has 2 aromatic rings. The number of benzene rings is 2. The Balaban J connectivity index is 1.54. The van der Waals surface area contributed by atoms with Crippen LogP contribution in [0.1, 0.15) is 48.1 Å². The van der Waals surface area contributed by atoms with Crippen LogP contribution in [0.4, 0.5) is 4.39 Å². The van der Waals surface area contributed by atoms with Crippen LogP contribution in [0.2, 0.25) is 0 Å². The molecular weight excluding hydrogens is 403 g/mol. The molecule has 162 valence electrons. The van der Waals surface area contributed by atoms with Gasteiger partial charge in [0.25, 0.3) is 0 Å². The third-order valence-corrected chi connectivity index (χ3v) is 7.72. The molecule has 1 atom stereocenters. The summed E-state index contributed by atoms with van der Waals surface area (Å²) < 4.78 is 39.8. The maximum absolute atomic E-state index is 13.0. The van der Waals surface area contributed by atoms with Crippen molar-refractivity contribution in [2.75, 3.05) is 13.1 Å². The summed E-state index contributed by atoms with van der Waals surface area (Å²) >= 11 is 0. The summed E-state index contributed by atoms with van der Waals surface area (Å²) in [7, 11) is -3.49. The summed E-state index contributed by atoms with van der Waals surface area (Å²) in [6, 6.07) is 11.6. The zero-order chi connectivity index (χ0) is 21.9. The molecule has 1 N–H and O–H groups in total. The fourth-order valence-corrected chi connectivity index (χ4v) is 5.29. The third-order valence-electron chi connectivity index (χ3n) is 5.87. The van der Waals surface area contributed by atoms with Crippen molar-refractivity contribution in [3.05, 3.63) is 70.5 Å². The Morgan fingerprint density at radius 3 is 2.33 bits per heavy atom. The first-order valence-electron chi connectivity index (χ1n) is 10.3. The zero-order valence-electron chi connectivity index (χ0n) is 17.7. The molecule has 1 aliphatic rings. The molecule has 1 heterocycles. The predicted molar refractivity (Wildman–Crippen MR) is 116 cm³/mol. The van der Waals surface area contributed by atoms with Gasteiger partial charge in [-0.05, 0) is 68.0 Å². The second-order valence-corrected chi connectivity index (χ2v) is 10.1. The second kappa shape index (κ2) is 9.27. The van der Waals surface area contributed by atoms with Crippen molar-refractivity contribution in [3.8, 4) is 0 Å². The van der Waals surface area contributed by atoms with Gasteiger partial charge < -0.3 is 5.32 Å². The predicted octanol–water partition coefficient (Wildman–Crippen LogP) is 3.86. The summed E-state index contributed by atoms with van der Waals surface area (Å²) in [6.07, 6.45) is 0.988. The fourth-order valence-electron chi connectivity index (χ4n) is 3.73.